The Bertz CT molecular complexity index is 479. The molecule has 1 aromatic carbocycles. The van der Waals surface area contributed by atoms with Crippen molar-refractivity contribution in [3.63, 3.8) is 0 Å². The average Bonchev–Trinajstić information content (AvgIpc) is 2.43. The lowest BCUT2D eigenvalue weighted by Crippen LogP contribution is -2.43. The molecule has 1 saturated heterocycles. The first-order chi connectivity index (χ1) is 9.61. The fraction of sp³-hybridized carbons (Fsp3) is 0.571. The Labute approximate surface area is 123 Å². The molecule has 2 rings (SSSR count). The van der Waals surface area contributed by atoms with Gasteiger partial charge in [-0.15, -0.1) is 0 Å². The van der Waals surface area contributed by atoms with Crippen LogP contribution >= 0.6 is 11.6 Å². The van der Waals surface area contributed by atoms with Gasteiger partial charge in [0, 0.05) is 35.2 Å². The van der Waals surface area contributed by atoms with Crippen LogP contribution in [0, 0.1) is 16.0 Å². The van der Waals surface area contributed by atoms with Crippen LogP contribution < -0.4 is 5.32 Å². The monoisotopic (exact) mass is 298 g/mol. The first kappa shape index (κ1) is 15.2. The summed E-state index contributed by atoms with van der Waals surface area (Å²) in [4.78, 5) is 10.8. The van der Waals surface area contributed by atoms with E-state index in [-0.39, 0.29) is 16.5 Å². The van der Waals surface area contributed by atoms with Gasteiger partial charge in [0.25, 0.3) is 5.69 Å². The SMILES string of the molecule is CCNC1CCOCC1Cc1ccc(Cl)cc1[N+](=O)[O-]. The van der Waals surface area contributed by atoms with Gasteiger partial charge in [0.1, 0.15) is 0 Å². The number of benzene rings is 1. The number of nitro groups is 1. The van der Waals surface area contributed by atoms with Gasteiger partial charge < -0.3 is 10.1 Å². The predicted octanol–water partition coefficient (Wildman–Crippen LogP) is 2.81. The predicted molar refractivity (Wildman–Crippen MR) is 78.2 cm³/mol. The number of nitrogens with zero attached hydrogens (tertiary/aromatic N) is 1. The zero-order chi connectivity index (χ0) is 14.5. The molecule has 1 aromatic rings. The quantitative estimate of drug-likeness (QED) is 0.670. The Morgan fingerprint density at radius 3 is 3.05 bits per heavy atom. The Balaban J connectivity index is 2.17. The highest BCUT2D eigenvalue weighted by Crippen LogP contribution is 2.28. The third-order valence-corrected chi connectivity index (χ3v) is 3.90. The molecule has 0 radical (unpaired) electrons. The smallest absolute Gasteiger partial charge is 0.274 e. The van der Waals surface area contributed by atoms with Crippen molar-refractivity contribution in [1.29, 1.82) is 0 Å². The number of hydrogen-bond acceptors (Lipinski definition) is 4. The van der Waals surface area contributed by atoms with Crippen LogP contribution in [-0.4, -0.2) is 30.7 Å². The maximum absolute atomic E-state index is 11.1. The van der Waals surface area contributed by atoms with E-state index in [9.17, 15) is 10.1 Å². The number of rotatable bonds is 5. The van der Waals surface area contributed by atoms with Crippen molar-refractivity contribution in [1.82, 2.24) is 5.32 Å². The van der Waals surface area contributed by atoms with E-state index in [1.807, 2.05) is 0 Å². The molecule has 1 fully saturated rings. The summed E-state index contributed by atoms with van der Waals surface area (Å²) in [6.45, 7) is 4.34. The third kappa shape index (κ3) is 3.69. The van der Waals surface area contributed by atoms with Crippen molar-refractivity contribution in [2.75, 3.05) is 19.8 Å². The van der Waals surface area contributed by atoms with E-state index >= 15 is 0 Å². The number of ether oxygens (including phenoxy) is 1. The minimum absolute atomic E-state index is 0.0957. The van der Waals surface area contributed by atoms with Crippen LogP contribution in [0.3, 0.4) is 0 Å². The second kappa shape index (κ2) is 7.02. The average molecular weight is 299 g/mol. The largest absolute Gasteiger partial charge is 0.381 e. The van der Waals surface area contributed by atoms with E-state index in [0.29, 0.717) is 24.1 Å². The third-order valence-electron chi connectivity index (χ3n) is 3.67. The summed E-state index contributed by atoms with van der Waals surface area (Å²) in [5.41, 5.74) is 0.816. The molecule has 0 aliphatic carbocycles. The van der Waals surface area contributed by atoms with Crippen LogP contribution in [0.25, 0.3) is 0 Å². The van der Waals surface area contributed by atoms with Gasteiger partial charge in [-0.25, -0.2) is 0 Å². The van der Waals surface area contributed by atoms with Gasteiger partial charge in [0.2, 0.25) is 0 Å². The van der Waals surface area contributed by atoms with Gasteiger partial charge >= 0.3 is 0 Å². The van der Waals surface area contributed by atoms with Crippen LogP contribution in [0.1, 0.15) is 18.9 Å². The lowest BCUT2D eigenvalue weighted by Gasteiger charge is -2.32. The summed E-state index contributed by atoms with van der Waals surface area (Å²) in [6, 6.07) is 5.22. The van der Waals surface area contributed by atoms with Crippen LogP contribution in [0.4, 0.5) is 5.69 Å². The van der Waals surface area contributed by atoms with Crippen molar-refractivity contribution in [2.24, 2.45) is 5.92 Å². The molecule has 0 saturated carbocycles. The minimum Gasteiger partial charge on any atom is -0.381 e. The van der Waals surface area contributed by atoms with Gasteiger partial charge in [-0.2, -0.15) is 0 Å². The Morgan fingerprint density at radius 2 is 2.35 bits per heavy atom. The van der Waals surface area contributed by atoms with Crippen LogP contribution in [0.2, 0.25) is 5.02 Å². The Hall–Kier alpha value is -1.17. The van der Waals surface area contributed by atoms with Crippen molar-refractivity contribution >= 4 is 17.3 Å². The molecule has 1 N–H and O–H groups in total. The van der Waals surface area contributed by atoms with E-state index in [2.05, 4.69) is 12.2 Å². The fourth-order valence-electron chi connectivity index (χ4n) is 2.69. The van der Waals surface area contributed by atoms with E-state index in [4.69, 9.17) is 16.3 Å². The maximum Gasteiger partial charge on any atom is 0.274 e. The zero-order valence-electron chi connectivity index (χ0n) is 11.5. The van der Waals surface area contributed by atoms with Crippen molar-refractivity contribution in [3.8, 4) is 0 Å². The summed E-state index contributed by atoms with van der Waals surface area (Å²) in [6.07, 6.45) is 1.57. The van der Waals surface area contributed by atoms with E-state index in [0.717, 1.165) is 25.1 Å². The molecular weight excluding hydrogens is 280 g/mol. The fourth-order valence-corrected chi connectivity index (χ4v) is 2.86. The number of nitro benzene ring substituents is 1. The maximum atomic E-state index is 11.1. The van der Waals surface area contributed by atoms with Crippen LogP contribution in [0.5, 0.6) is 0 Å². The summed E-state index contributed by atoms with van der Waals surface area (Å²) >= 11 is 5.84. The molecule has 1 aliphatic rings. The minimum atomic E-state index is -0.368. The summed E-state index contributed by atoms with van der Waals surface area (Å²) < 4.78 is 5.52. The van der Waals surface area contributed by atoms with Crippen molar-refractivity contribution in [3.05, 3.63) is 38.9 Å². The lowest BCUT2D eigenvalue weighted by atomic mass is 9.89. The van der Waals surface area contributed by atoms with Crippen molar-refractivity contribution in [2.45, 2.75) is 25.8 Å². The summed E-state index contributed by atoms with van der Waals surface area (Å²) in [5.74, 6) is 0.253. The zero-order valence-corrected chi connectivity index (χ0v) is 12.2. The molecule has 0 aromatic heterocycles. The van der Waals surface area contributed by atoms with Crippen molar-refractivity contribution < 1.29 is 9.66 Å². The van der Waals surface area contributed by atoms with Gasteiger partial charge in [0.05, 0.1) is 11.5 Å². The number of nitrogens with one attached hydrogen (secondary N) is 1. The first-order valence-electron chi connectivity index (χ1n) is 6.85. The molecule has 0 bridgehead atoms. The van der Waals surface area contributed by atoms with Gasteiger partial charge in [-0.1, -0.05) is 24.6 Å². The van der Waals surface area contributed by atoms with E-state index in [1.165, 1.54) is 6.07 Å². The van der Waals surface area contributed by atoms with E-state index in [1.54, 1.807) is 12.1 Å². The highest BCUT2D eigenvalue weighted by Gasteiger charge is 2.27. The molecule has 1 heterocycles. The molecule has 110 valence electrons. The molecule has 2 unspecified atom stereocenters. The molecule has 0 spiro atoms. The highest BCUT2D eigenvalue weighted by atomic mass is 35.5. The molecule has 1 aliphatic heterocycles. The standard InChI is InChI=1S/C14H19ClN2O3/c1-2-16-13-5-6-20-9-11(13)7-10-3-4-12(15)8-14(10)17(18)19/h3-4,8,11,13,16H,2,5-7,9H2,1H3. The number of hydrogen-bond donors (Lipinski definition) is 1. The van der Waals surface area contributed by atoms with Crippen LogP contribution in [-0.2, 0) is 11.2 Å². The summed E-state index contributed by atoms with van der Waals surface area (Å²) in [5, 5.41) is 15.0. The molecule has 20 heavy (non-hydrogen) atoms. The molecule has 5 nitrogen and oxygen atoms in total. The highest BCUT2D eigenvalue weighted by molar-refractivity contribution is 6.30. The first-order valence-corrected chi connectivity index (χ1v) is 7.23. The Morgan fingerprint density at radius 1 is 1.55 bits per heavy atom. The van der Waals surface area contributed by atoms with Crippen LogP contribution in [0.15, 0.2) is 18.2 Å². The lowest BCUT2D eigenvalue weighted by molar-refractivity contribution is -0.385. The van der Waals surface area contributed by atoms with Gasteiger partial charge in [-0.05, 0) is 25.5 Å². The second-order valence-corrected chi connectivity index (χ2v) is 5.46. The van der Waals surface area contributed by atoms with Gasteiger partial charge in [-0.3, -0.25) is 10.1 Å². The normalized spacial score (nSPS) is 22.7. The molecule has 2 atom stereocenters. The molecular formula is C14H19ClN2O3. The van der Waals surface area contributed by atoms with Gasteiger partial charge in [0.15, 0.2) is 0 Å². The van der Waals surface area contributed by atoms with E-state index < -0.39 is 0 Å². The summed E-state index contributed by atoms with van der Waals surface area (Å²) in [7, 11) is 0. The number of halogens is 1. The molecule has 6 heteroatoms. The Kier molecular flexibility index (Phi) is 5.34. The molecule has 0 amide bonds. The topological polar surface area (TPSA) is 64.4 Å². The second-order valence-electron chi connectivity index (χ2n) is 5.02.